The van der Waals surface area contributed by atoms with E-state index >= 15 is 0 Å². The number of rotatable bonds is 4. The number of carbonyl (C=O) groups excluding carboxylic acids is 2. The fourth-order valence-corrected chi connectivity index (χ4v) is 6.81. The molecule has 9 nitrogen and oxygen atoms in total. The first-order chi connectivity index (χ1) is 14.9. The van der Waals surface area contributed by atoms with E-state index in [-0.39, 0.29) is 59.9 Å². The first-order valence-corrected chi connectivity index (χ1v) is 10.7. The number of piperazine rings is 1. The van der Waals surface area contributed by atoms with Gasteiger partial charge in [-0.2, -0.15) is 5.26 Å². The van der Waals surface area contributed by atoms with Crippen LogP contribution in [0.2, 0.25) is 0 Å². The van der Waals surface area contributed by atoms with Crippen molar-refractivity contribution >= 4 is 17.8 Å². The summed E-state index contributed by atoms with van der Waals surface area (Å²) >= 11 is 0. The van der Waals surface area contributed by atoms with Crippen molar-refractivity contribution in [1.29, 1.82) is 5.26 Å². The number of hydrogen-bond acceptors (Lipinski definition) is 8. The van der Waals surface area contributed by atoms with Crippen LogP contribution in [0.25, 0.3) is 0 Å². The molecule has 2 N–H and O–H groups in total. The number of fused-ring (bicyclic) bond motifs is 2. The zero-order valence-corrected chi connectivity index (χ0v) is 17.9. The highest BCUT2D eigenvalue weighted by atomic mass is 16.5. The zero-order chi connectivity index (χ0) is 22.2. The van der Waals surface area contributed by atoms with Gasteiger partial charge in [0.2, 0.25) is 5.78 Å². The Kier molecular flexibility index (Phi) is 4.68. The Bertz CT molecular complexity index is 1010. The van der Waals surface area contributed by atoms with Crippen molar-refractivity contribution in [2.45, 2.75) is 49.6 Å². The molecule has 5 rings (SSSR count). The SMILES string of the molecule is COC1=C(C)C(=O)C2=C(C1=O)C(CO)N1C(C#N)C3CC4C=[N+](CCO)C2C1C4N3C. The minimum absolute atomic E-state index is 0.00219. The second-order valence-corrected chi connectivity index (χ2v) is 9.03. The van der Waals surface area contributed by atoms with Gasteiger partial charge >= 0.3 is 0 Å². The van der Waals surface area contributed by atoms with Gasteiger partial charge in [-0.1, -0.05) is 0 Å². The Hall–Kier alpha value is -2.38. The number of β-amino-alcohol motifs (C(OH)–C–C–N with tert-alkyl or cyclic N) is 1. The zero-order valence-electron chi connectivity index (χ0n) is 17.9. The highest BCUT2D eigenvalue weighted by Gasteiger charge is 2.67. The summed E-state index contributed by atoms with van der Waals surface area (Å²) in [6.45, 7) is 1.45. The van der Waals surface area contributed by atoms with Crippen LogP contribution >= 0.6 is 0 Å². The smallest absolute Gasteiger partial charge is 0.226 e. The Balaban J connectivity index is 1.80. The summed E-state index contributed by atoms with van der Waals surface area (Å²) < 4.78 is 7.26. The summed E-state index contributed by atoms with van der Waals surface area (Å²) in [5.41, 5.74) is 0.866. The van der Waals surface area contributed by atoms with Crippen molar-refractivity contribution in [3.63, 3.8) is 0 Å². The molecule has 0 saturated carbocycles. The third-order valence-corrected chi connectivity index (χ3v) is 7.91. The topological polar surface area (TPSA) is 117 Å². The Morgan fingerprint density at radius 3 is 2.61 bits per heavy atom. The molecule has 2 bridgehead atoms. The summed E-state index contributed by atoms with van der Waals surface area (Å²) in [7, 11) is 3.38. The first kappa shape index (κ1) is 20.5. The van der Waals surface area contributed by atoms with Gasteiger partial charge in [0, 0.05) is 23.2 Å². The highest BCUT2D eigenvalue weighted by molar-refractivity contribution is 6.25. The van der Waals surface area contributed by atoms with E-state index in [1.165, 1.54) is 7.11 Å². The third kappa shape index (κ3) is 2.42. The van der Waals surface area contributed by atoms with Gasteiger partial charge in [-0.05, 0) is 20.4 Å². The van der Waals surface area contributed by atoms with E-state index in [0.717, 1.165) is 6.42 Å². The lowest BCUT2D eigenvalue weighted by Gasteiger charge is -2.56. The molecule has 0 aromatic carbocycles. The van der Waals surface area contributed by atoms with Crippen LogP contribution in [0.5, 0.6) is 0 Å². The summed E-state index contributed by atoms with van der Waals surface area (Å²) in [4.78, 5) is 31.2. The molecular weight excluding hydrogens is 400 g/mol. The van der Waals surface area contributed by atoms with Gasteiger partial charge in [-0.15, -0.1) is 0 Å². The molecule has 164 valence electrons. The van der Waals surface area contributed by atoms with E-state index in [2.05, 4.69) is 17.2 Å². The number of nitrogens with zero attached hydrogens (tertiary/aromatic N) is 4. The Morgan fingerprint density at radius 1 is 1.26 bits per heavy atom. The van der Waals surface area contributed by atoms with E-state index < -0.39 is 23.9 Å². The molecule has 5 aliphatic rings. The molecule has 0 amide bonds. The average molecular weight is 427 g/mol. The van der Waals surface area contributed by atoms with Gasteiger partial charge < -0.3 is 14.9 Å². The predicted molar refractivity (Wildman–Crippen MR) is 108 cm³/mol. The molecule has 4 aliphatic heterocycles. The number of Topliss-reactive ketones (excluding diaryl/α,β-unsaturated/α-hetero) is 2. The fourth-order valence-electron chi connectivity index (χ4n) is 6.81. The molecule has 31 heavy (non-hydrogen) atoms. The number of hydrogen-bond donors (Lipinski definition) is 2. The van der Waals surface area contributed by atoms with Gasteiger partial charge in [-0.25, -0.2) is 4.58 Å². The summed E-state index contributed by atoms with van der Waals surface area (Å²) in [6, 6.07) is 0.457. The van der Waals surface area contributed by atoms with Gasteiger partial charge in [0.15, 0.2) is 24.1 Å². The van der Waals surface area contributed by atoms with Crippen LogP contribution < -0.4 is 0 Å². The Morgan fingerprint density at radius 2 is 2.00 bits per heavy atom. The van der Waals surface area contributed by atoms with Crippen molar-refractivity contribution in [2.24, 2.45) is 5.92 Å². The van der Waals surface area contributed by atoms with Crippen molar-refractivity contribution in [2.75, 3.05) is 33.9 Å². The maximum Gasteiger partial charge on any atom is 0.226 e. The minimum atomic E-state index is -0.748. The van der Waals surface area contributed by atoms with Crippen LogP contribution in [-0.4, -0.2) is 113 Å². The highest BCUT2D eigenvalue weighted by Crippen LogP contribution is 2.50. The van der Waals surface area contributed by atoms with Gasteiger partial charge in [0.1, 0.15) is 18.9 Å². The molecule has 0 aromatic heterocycles. The van der Waals surface area contributed by atoms with E-state index in [0.29, 0.717) is 12.1 Å². The standard InChI is InChI=1S/C22H27N4O5/c1-10-20(29)16-15(21(30)22(10)31-3)14(9-28)26-13(7-23)12-6-11-8-25(4-5-27)18(16)19(26)17(11)24(12)2/h8,11-14,17-19,27-28H,4-6,9H2,1-3H3/q+1. The minimum Gasteiger partial charge on any atom is -0.492 e. The molecule has 1 aliphatic carbocycles. The van der Waals surface area contributed by atoms with Crippen molar-refractivity contribution in [1.82, 2.24) is 9.80 Å². The van der Waals surface area contributed by atoms with Gasteiger partial charge in [0.25, 0.3) is 0 Å². The number of nitriles is 1. The molecule has 0 spiro atoms. The van der Waals surface area contributed by atoms with E-state index in [9.17, 15) is 25.1 Å². The number of ketones is 2. The lowest BCUT2D eigenvalue weighted by Crippen LogP contribution is -2.75. The van der Waals surface area contributed by atoms with E-state index in [1.807, 2.05) is 16.5 Å². The molecule has 2 fully saturated rings. The number of likely N-dealkylation sites (N-methyl/N-ethyl adjacent to an activating group) is 1. The molecule has 0 radical (unpaired) electrons. The summed E-state index contributed by atoms with van der Waals surface area (Å²) in [6.07, 6.45) is 2.87. The number of carbonyl (C=O) groups is 2. The monoisotopic (exact) mass is 427 g/mol. The lowest BCUT2D eigenvalue weighted by atomic mass is 9.70. The molecular formula is C22H27N4O5+. The second kappa shape index (κ2) is 7.07. The number of allylic oxidation sites excluding steroid dienone is 2. The average Bonchev–Trinajstić information content (AvgIpc) is 3.02. The van der Waals surface area contributed by atoms with Crippen LogP contribution in [0, 0.1) is 17.2 Å². The van der Waals surface area contributed by atoms with Crippen LogP contribution in [0.1, 0.15) is 13.3 Å². The second-order valence-electron chi connectivity index (χ2n) is 9.03. The molecule has 7 unspecified atom stereocenters. The summed E-state index contributed by atoms with van der Waals surface area (Å²) in [5, 5.41) is 30.3. The van der Waals surface area contributed by atoms with E-state index in [4.69, 9.17) is 4.74 Å². The number of methoxy groups -OCH3 is 1. The lowest BCUT2D eigenvalue weighted by molar-refractivity contribution is -0.571. The van der Waals surface area contributed by atoms with Crippen LogP contribution in [0.15, 0.2) is 22.5 Å². The molecule has 7 atom stereocenters. The third-order valence-electron chi connectivity index (χ3n) is 7.91. The van der Waals surface area contributed by atoms with Crippen molar-refractivity contribution < 1.29 is 29.1 Å². The molecule has 9 heteroatoms. The Labute approximate surface area is 180 Å². The van der Waals surface area contributed by atoms with Gasteiger partial charge in [0.05, 0.1) is 43.4 Å². The van der Waals surface area contributed by atoms with Crippen molar-refractivity contribution in [3.8, 4) is 6.07 Å². The largest absolute Gasteiger partial charge is 0.492 e. The quantitative estimate of drug-likeness (QED) is 0.409. The fraction of sp³-hybridized carbons (Fsp3) is 0.636. The normalized spacial score (nSPS) is 39.5. The summed E-state index contributed by atoms with van der Waals surface area (Å²) in [5.74, 6) is -0.495. The first-order valence-electron chi connectivity index (χ1n) is 10.7. The van der Waals surface area contributed by atoms with Crippen LogP contribution in [-0.2, 0) is 14.3 Å². The van der Waals surface area contributed by atoms with Crippen molar-refractivity contribution in [3.05, 3.63) is 22.5 Å². The maximum absolute atomic E-state index is 13.6. The van der Waals surface area contributed by atoms with Gasteiger partial charge in [-0.3, -0.25) is 19.4 Å². The molecule has 4 heterocycles. The maximum atomic E-state index is 13.6. The predicted octanol–water partition coefficient (Wildman–Crippen LogP) is -1.55. The number of aliphatic hydroxyl groups is 2. The number of aliphatic hydroxyl groups excluding tert-OH is 2. The van der Waals surface area contributed by atoms with Crippen LogP contribution in [0.3, 0.4) is 0 Å². The molecule has 2 saturated heterocycles. The molecule has 0 aromatic rings. The van der Waals surface area contributed by atoms with E-state index in [1.54, 1.807) is 6.92 Å². The number of ether oxygens (including phenoxy) is 1. The van der Waals surface area contributed by atoms with Crippen LogP contribution in [0.4, 0.5) is 0 Å².